The van der Waals surface area contributed by atoms with Crippen molar-refractivity contribution < 1.29 is 8.78 Å². The fourth-order valence-electron chi connectivity index (χ4n) is 1.67. The Morgan fingerprint density at radius 2 is 1.70 bits per heavy atom. The SMILES string of the molecule is CNCc1cc(F)c(Sc2ccc(Cl)c(Cl)c2)c(F)c1. The molecule has 0 saturated heterocycles. The summed E-state index contributed by atoms with van der Waals surface area (Å²) >= 11 is 12.7. The molecular formula is C14H11Cl2F2NS. The van der Waals surface area contributed by atoms with E-state index in [-0.39, 0.29) is 4.90 Å². The van der Waals surface area contributed by atoms with Crippen molar-refractivity contribution in [3.8, 4) is 0 Å². The van der Waals surface area contributed by atoms with Gasteiger partial charge in [-0.2, -0.15) is 0 Å². The van der Waals surface area contributed by atoms with Gasteiger partial charge < -0.3 is 5.32 Å². The molecule has 1 N–H and O–H groups in total. The van der Waals surface area contributed by atoms with Gasteiger partial charge in [0, 0.05) is 11.4 Å². The van der Waals surface area contributed by atoms with Crippen molar-refractivity contribution in [3.05, 3.63) is 57.6 Å². The summed E-state index contributed by atoms with van der Waals surface area (Å²) in [4.78, 5) is 0.571. The molecule has 0 radical (unpaired) electrons. The lowest BCUT2D eigenvalue weighted by Gasteiger charge is -2.08. The Bertz CT molecular complexity index is 612. The summed E-state index contributed by atoms with van der Waals surface area (Å²) < 4.78 is 27.9. The molecule has 0 unspecified atom stereocenters. The lowest BCUT2D eigenvalue weighted by molar-refractivity contribution is 0.536. The predicted octanol–water partition coefficient (Wildman–Crippen LogP) is 5.14. The van der Waals surface area contributed by atoms with Gasteiger partial charge in [0.2, 0.25) is 0 Å². The topological polar surface area (TPSA) is 12.0 Å². The second-order valence-electron chi connectivity index (χ2n) is 4.10. The van der Waals surface area contributed by atoms with E-state index in [2.05, 4.69) is 5.32 Å². The van der Waals surface area contributed by atoms with Crippen LogP contribution in [0.5, 0.6) is 0 Å². The first-order valence-corrected chi connectivity index (χ1v) is 7.34. The van der Waals surface area contributed by atoms with Crippen molar-refractivity contribution in [2.45, 2.75) is 16.3 Å². The van der Waals surface area contributed by atoms with E-state index >= 15 is 0 Å². The molecule has 0 fully saturated rings. The van der Waals surface area contributed by atoms with Gasteiger partial charge in [-0.1, -0.05) is 35.0 Å². The zero-order chi connectivity index (χ0) is 14.7. The van der Waals surface area contributed by atoms with Gasteiger partial charge in [0.05, 0.1) is 14.9 Å². The Balaban J connectivity index is 2.31. The molecule has 1 nitrogen and oxygen atoms in total. The Kier molecular flexibility index (Phi) is 5.27. The van der Waals surface area contributed by atoms with E-state index in [0.717, 1.165) is 11.8 Å². The minimum Gasteiger partial charge on any atom is -0.316 e. The Morgan fingerprint density at radius 3 is 2.25 bits per heavy atom. The van der Waals surface area contributed by atoms with Crippen LogP contribution in [-0.4, -0.2) is 7.05 Å². The molecule has 0 aromatic heterocycles. The fraction of sp³-hybridized carbons (Fsp3) is 0.143. The van der Waals surface area contributed by atoms with E-state index in [1.165, 1.54) is 12.1 Å². The number of nitrogens with one attached hydrogen (secondary N) is 1. The van der Waals surface area contributed by atoms with E-state index in [4.69, 9.17) is 23.2 Å². The monoisotopic (exact) mass is 333 g/mol. The van der Waals surface area contributed by atoms with Crippen LogP contribution in [0.25, 0.3) is 0 Å². The number of halogens is 4. The third kappa shape index (κ3) is 3.64. The predicted molar refractivity (Wildman–Crippen MR) is 79.7 cm³/mol. The van der Waals surface area contributed by atoms with Crippen molar-refractivity contribution in [1.82, 2.24) is 5.32 Å². The first-order valence-electron chi connectivity index (χ1n) is 5.76. The van der Waals surface area contributed by atoms with Crippen molar-refractivity contribution in [2.75, 3.05) is 7.05 Å². The molecule has 2 aromatic carbocycles. The first kappa shape index (κ1) is 15.6. The van der Waals surface area contributed by atoms with Crippen molar-refractivity contribution in [2.24, 2.45) is 0 Å². The van der Waals surface area contributed by atoms with Gasteiger partial charge in [-0.15, -0.1) is 0 Å². The van der Waals surface area contributed by atoms with Gasteiger partial charge in [-0.05, 0) is 42.9 Å². The maximum atomic E-state index is 14.0. The summed E-state index contributed by atoms with van der Waals surface area (Å²) in [5.74, 6) is -1.18. The zero-order valence-electron chi connectivity index (χ0n) is 10.5. The fourth-order valence-corrected chi connectivity index (χ4v) is 2.90. The molecule has 0 aliphatic rings. The van der Waals surface area contributed by atoms with Crippen LogP contribution < -0.4 is 5.32 Å². The summed E-state index contributed by atoms with van der Waals surface area (Å²) in [5, 5.41) is 3.60. The normalized spacial score (nSPS) is 10.8. The van der Waals surface area contributed by atoms with Crippen LogP contribution in [0.3, 0.4) is 0 Å². The van der Waals surface area contributed by atoms with Gasteiger partial charge in [-0.3, -0.25) is 0 Å². The molecule has 0 saturated carbocycles. The third-order valence-corrected chi connectivity index (χ3v) is 4.37. The largest absolute Gasteiger partial charge is 0.316 e. The summed E-state index contributed by atoms with van der Waals surface area (Å²) in [6, 6.07) is 7.48. The highest BCUT2D eigenvalue weighted by atomic mass is 35.5. The van der Waals surface area contributed by atoms with E-state index in [1.54, 1.807) is 25.2 Å². The lowest BCUT2D eigenvalue weighted by Crippen LogP contribution is -2.06. The Hall–Kier alpha value is -0.810. The molecular weight excluding hydrogens is 323 g/mol. The van der Waals surface area contributed by atoms with Gasteiger partial charge in [0.25, 0.3) is 0 Å². The van der Waals surface area contributed by atoms with Crippen molar-refractivity contribution in [3.63, 3.8) is 0 Å². The van der Waals surface area contributed by atoms with Gasteiger partial charge in [0.15, 0.2) is 0 Å². The van der Waals surface area contributed by atoms with Crippen molar-refractivity contribution >= 4 is 35.0 Å². The van der Waals surface area contributed by atoms with Gasteiger partial charge >= 0.3 is 0 Å². The maximum absolute atomic E-state index is 14.0. The number of rotatable bonds is 4. The zero-order valence-corrected chi connectivity index (χ0v) is 12.8. The molecule has 0 aliphatic carbocycles. The quantitative estimate of drug-likeness (QED) is 0.831. The number of hydrogen-bond acceptors (Lipinski definition) is 2. The molecule has 2 aromatic rings. The number of hydrogen-bond donors (Lipinski definition) is 1. The van der Waals surface area contributed by atoms with E-state index < -0.39 is 11.6 Å². The molecule has 0 heterocycles. The Morgan fingerprint density at radius 1 is 1.05 bits per heavy atom. The molecule has 0 spiro atoms. The summed E-state index contributed by atoms with van der Waals surface area (Å²) in [5.41, 5.74) is 0.556. The third-order valence-electron chi connectivity index (χ3n) is 2.55. The lowest BCUT2D eigenvalue weighted by atomic mass is 10.2. The average molecular weight is 334 g/mol. The average Bonchev–Trinajstić information content (AvgIpc) is 2.38. The smallest absolute Gasteiger partial charge is 0.140 e. The van der Waals surface area contributed by atoms with Crippen LogP contribution in [-0.2, 0) is 6.54 Å². The Labute approximate surface area is 130 Å². The van der Waals surface area contributed by atoms with Gasteiger partial charge in [-0.25, -0.2) is 8.78 Å². The molecule has 2 rings (SSSR count). The molecule has 0 atom stereocenters. The van der Waals surface area contributed by atoms with Crippen LogP contribution in [0.4, 0.5) is 8.78 Å². The highest BCUT2D eigenvalue weighted by Crippen LogP contribution is 2.35. The number of benzene rings is 2. The minimum atomic E-state index is -0.591. The van der Waals surface area contributed by atoms with E-state index in [0.29, 0.717) is 27.0 Å². The van der Waals surface area contributed by atoms with Crippen LogP contribution in [0.2, 0.25) is 10.0 Å². The molecule has 20 heavy (non-hydrogen) atoms. The summed E-state index contributed by atoms with van der Waals surface area (Å²) in [6.07, 6.45) is 0. The molecule has 0 bridgehead atoms. The van der Waals surface area contributed by atoms with E-state index in [1.807, 2.05) is 0 Å². The molecule has 0 amide bonds. The second kappa shape index (κ2) is 6.76. The standard InChI is InChI=1S/C14H11Cl2F2NS/c1-19-7-8-4-12(17)14(13(18)5-8)20-9-2-3-10(15)11(16)6-9/h2-6,19H,7H2,1H3. The van der Waals surface area contributed by atoms with Crippen molar-refractivity contribution in [1.29, 1.82) is 0 Å². The summed E-state index contributed by atoms with van der Waals surface area (Å²) in [7, 11) is 1.72. The van der Waals surface area contributed by atoms with Gasteiger partial charge in [0.1, 0.15) is 11.6 Å². The minimum absolute atomic E-state index is 0.0526. The molecule has 0 aliphatic heterocycles. The first-order chi connectivity index (χ1) is 9.51. The molecule has 106 valence electrons. The highest BCUT2D eigenvalue weighted by molar-refractivity contribution is 7.99. The molecule has 6 heteroatoms. The van der Waals surface area contributed by atoms with Crippen LogP contribution in [0, 0.1) is 11.6 Å². The van der Waals surface area contributed by atoms with E-state index in [9.17, 15) is 8.78 Å². The highest BCUT2D eigenvalue weighted by Gasteiger charge is 2.13. The van der Waals surface area contributed by atoms with Crippen LogP contribution in [0.15, 0.2) is 40.1 Å². The van der Waals surface area contributed by atoms with Crippen LogP contribution in [0.1, 0.15) is 5.56 Å². The van der Waals surface area contributed by atoms with Crippen LogP contribution >= 0.6 is 35.0 Å². The second-order valence-corrected chi connectivity index (χ2v) is 6.00. The maximum Gasteiger partial charge on any atom is 0.140 e. The summed E-state index contributed by atoms with van der Waals surface area (Å²) in [6.45, 7) is 0.408.